The first-order chi connectivity index (χ1) is 7.59. The average Bonchev–Trinajstić information content (AvgIpc) is 2.27. The third-order valence-corrected chi connectivity index (χ3v) is 3.34. The highest BCUT2D eigenvalue weighted by Gasteiger charge is 2.38. The summed E-state index contributed by atoms with van der Waals surface area (Å²) in [7, 11) is 0. The van der Waals surface area contributed by atoms with Crippen LogP contribution in [0.2, 0.25) is 0 Å². The Labute approximate surface area is 96.5 Å². The van der Waals surface area contributed by atoms with Crippen LogP contribution in [0.1, 0.15) is 31.4 Å². The summed E-state index contributed by atoms with van der Waals surface area (Å²) >= 11 is 0. The van der Waals surface area contributed by atoms with Crippen LogP contribution in [0.5, 0.6) is 0 Å². The fourth-order valence-corrected chi connectivity index (χ4v) is 2.47. The predicted octanol–water partition coefficient (Wildman–Crippen LogP) is 3.51. The molecule has 0 amide bonds. The molecule has 1 aliphatic carbocycles. The van der Waals surface area contributed by atoms with Crippen LogP contribution in [0.25, 0.3) is 6.08 Å². The number of allylic oxidation sites excluding steroid dienone is 2. The summed E-state index contributed by atoms with van der Waals surface area (Å²) in [6.07, 6.45) is 4.49. The molecule has 1 heteroatoms. The molecule has 0 saturated heterocycles. The summed E-state index contributed by atoms with van der Waals surface area (Å²) in [6, 6.07) is 8.10. The fraction of sp³-hybridized carbons (Fsp3) is 0.267. The molecule has 0 radical (unpaired) electrons. The van der Waals surface area contributed by atoms with E-state index in [0.29, 0.717) is 6.42 Å². The van der Waals surface area contributed by atoms with Crippen LogP contribution < -0.4 is 0 Å². The highest BCUT2D eigenvalue weighted by molar-refractivity contribution is 6.09. The van der Waals surface area contributed by atoms with Gasteiger partial charge < -0.3 is 0 Å². The number of carbonyl (C=O) groups excluding carboxylic acids is 1. The second-order valence-electron chi connectivity index (χ2n) is 4.57. The zero-order valence-corrected chi connectivity index (χ0v) is 9.79. The van der Waals surface area contributed by atoms with Gasteiger partial charge in [0.1, 0.15) is 0 Å². The summed E-state index contributed by atoms with van der Waals surface area (Å²) < 4.78 is 0. The minimum atomic E-state index is -0.433. The van der Waals surface area contributed by atoms with Crippen LogP contribution in [-0.2, 0) is 10.2 Å². The van der Waals surface area contributed by atoms with Crippen LogP contribution >= 0.6 is 0 Å². The highest BCUT2D eigenvalue weighted by Crippen LogP contribution is 2.38. The lowest BCUT2D eigenvalue weighted by Crippen LogP contribution is -2.35. The van der Waals surface area contributed by atoms with Gasteiger partial charge in [0.05, 0.1) is 5.41 Å². The molecule has 1 aromatic rings. The predicted molar refractivity (Wildman–Crippen MR) is 67.3 cm³/mol. The molecule has 0 spiro atoms. The number of hydrogen-bond donors (Lipinski definition) is 0. The van der Waals surface area contributed by atoms with E-state index in [1.54, 1.807) is 0 Å². The maximum absolute atomic E-state index is 12.3. The van der Waals surface area contributed by atoms with E-state index in [4.69, 9.17) is 0 Å². The van der Waals surface area contributed by atoms with Crippen molar-refractivity contribution in [2.75, 3.05) is 0 Å². The number of carbonyl (C=O) groups is 1. The number of fused-ring (bicyclic) bond motifs is 1. The van der Waals surface area contributed by atoms with Gasteiger partial charge in [0, 0.05) is 0 Å². The van der Waals surface area contributed by atoms with Gasteiger partial charge in [0.15, 0.2) is 5.78 Å². The van der Waals surface area contributed by atoms with E-state index >= 15 is 0 Å². The van der Waals surface area contributed by atoms with Crippen molar-refractivity contribution in [2.24, 2.45) is 0 Å². The first kappa shape index (κ1) is 10.9. The Balaban J connectivity index is 2.66. The Bertz CT molecular complexity index is 482. The SMILES string of the molecule is C=CC[C@]1(C)C(=O)C(C)=Cc2ccccc21. The summed E-state index contributed by atoms with van der Waals surface area (Å²) in [4.78, 5) is 12.3. The molecule has 1 aromatic carbocycles. The Morgan fingerprint density at radius 1 is 1.38 bits per heavy atom. The van der Waals surface area contributed by atoms with Gasteiger partial charge in [-0.05, 0) is 43.0 Å². The van der Waals surface area contributed by atoms with E-state index in [1.807, 2.05) is 44.2 Å². The zero-order valence-electron chi connectivity index (χ0n) is 9.79. The van der Waals surface area contributed by atoms with Gasteiger partial charge in [0.2, 0.25) is 0 Å². The largest absolute Gasteiger partial charge is 0.294 e. The van der Waals surface area contributed by atoms with Gasteiger partial charge in [-0.25, -0.2) is 0 Å². The third-order valence-electron chi connectivity index (χ3n) is 3.34. The number of rotatable bonds is 2. The fourth-order valence-electron chi connectivity index (χ4n) is 2.47. The number of hydrogen-bond acceptors (Lipinski definition) is 1. The van der Waals surface area contributed by atoms with Crippen molar-refractivity contribution in [3.05, 3.63) is 53.6 Å². The van der Waals surface area contributed by atoms with Crippen LogP contribution in [-0.4, -0.2) is 5.78 Å². The molecule has 0 fully saturated rings. The number of ketones is 1. The molecule has 0 heterocycles. The van der Waals surface area contributed by atoms with Crippen molar-refractivity contribution in [3.63, 3.8) is 0 Å². The molecular weight excluding hydrogens is 196 g/mol. The first-order valence-electron chi connectivity index (χ1n) is 5.53. The second-order valence-corrected chi connectivity index (χ2v) is 4.57. The molecule has 1 aliphatic rings. The van der Waals surface area contributed by atoms with Gasteiger partial charge in [0.25, 0.3) is 0 Å². The Hall–Kier alpha value is -1.63. The van der Waals surface area contributed by atoms with E-state index in [0.717, 1.165) is 16.7 Å². The summed E-state index contributed by atoms with van der Waals surface area (Å²) in [5, 5.41) is 0. The molecule has 0 aromatic heterocycles. The van der Waals surface area contributed by atoms with Crippen LogP contribution in [0.4, 0.5) is 0 Å². The lowest BCUT2D eigenvalue weighted by molar-refractivity contribution is -0.120. The molecule has 0 saturated carbocycles. The topological polar surface area (TPSA) is 17.1 Å². The minimum Gasteiger partial charge on any atom is -0.294 e. The van der Waals surface area contributed by atoms with Gasteiger partial charge >= 0.3 is 0 Å². The Morgan fingerprint density at radius 2 is 2.06 bits per heavy atom. The van der Waals surface area contributed by atoms with Gasteiger partial charge in [-0.2, -0.15) is 0 Å². The van der Waals surface area contributed by atoms with Gasteiger partial charge in [-0.1, -0.05) is 30.3 Å². The first-order valence-corrected chi connectivity index (χ1v) is 5.53. The lowest BCUT2D eigenvalue weighted by atomic mass is 9.69. The van der Waals surface area contributed by atoms with Crippen LogP contribution in [0.15, 0.2) is 42.5 Å². The second kappa shape index (κ2) is 3.75. The molecule has 1 nitrogen and oxygen atoms in total. The average molecular weight is 212 g/mol. The summed E-state index contributed by atoms with van der Waals surface area (Å²) in [6.45, 7) is 7.66. The maximum atomic E-state index is 12.3. The van der Waals surface area contributed by atoms with E-state index in [1.165, 1.54) is 0 Å². The minimum absolute atomic E-state index is 0.214. The standard InChI is InChI=1S/C15H16O/c1-4-9-15(3)13-8-6-5-7-12(13)10-11(2)14(15)16/h4-8,10H,1,9H2,2-3H3/t15-/m0/s1. The van der Waals surface area contributed by atoms with Crippen molar-refractivity contribution < 1.29 is 4.79 Å². The van der Waals surface area contributed by atoms with Crippen molar-refractivity contribution in [1.29, 1.82) is 0 Å². The molecule has 2 rings (SSSR count). The number of Topliss-reactive ketones (excluding diaryl/α,β-unsaturated/α-hetero) is 1. The molecule has 16 heavy (non-hydrogen) atoms. The number of benzene rings is 1. The summed E-state index contributed by atoms with van der Waals surface area (Å²) in [5.41, 5.74) is 2.68. The Morgan fingerprint density at radius 3 is 2.75 bits per heavy atom. The smallest absolute Gasteiger partial charge is 0.169 e. The van der Waals surface area contributed by atoms with E-state index in [2.05, 4.69) is 12.6 Å². The third kappa shape index (κ3) is 1.44. The summed E-state index contributed by atoms with van der Waals surface area (Å²) in [5.74, 6) is 0.214. The van der Waals surface area contributed by atoms with E-state index in [-0.39, 0.29) is 5.78 Å². The molecule has 1 atom stereocenters. The van der Waals surface area contributed by atoms with Crippen molar-refractivity contribution in [2.45, 2.75) is 25.7 Å². The lowest BCUT2D eigenvalue weighted by Gasteiger charge is -2.32. The molecule has 0 unspecified atom stereocenters. The van der Waals surface area contributed by atoms with Gasteiger partial charge in [-0.15, -0.1) is 6.58 Å². The van der Waals surface area contributed by atoms with Crippen molar-refractivity contribution in [3.8, 4) is 0 Å². The van der Waals surface area contributed by atoms with Crippen molar-refractivity contribution in [1.82, 2.24) is 0 Å². The van der Waals surface area contributed by atoms with Crippen molar-refractivity contribution >= 4 is 11.9 Å². The van der Waals surface area contributed by atoms with E-state index < -0.39 is 5.41 Å². The molecule has 0 aliphatic heterocycles. The quantitative estimate of drug-likeness (QED) is 0.686. The van der Waals surface area contributed by atoms with Crippen LogP contribution in [0.3, 0.4) is 0 Å². The van der Waals surface area contributed by atoms with E-state index in [9.17, 15) is 4.79 Å². The molecular formula is C15H16O. The monoisotopic (exact) mass is 212 g/mol. The molecule has 0 N–H and O–H groups in total. The highest BCUT2D eigenvalue weighted by atomic mass is 16.1. The maximum Gasteiger partial charge on any atom is 0.169 e. The zero-order chi connectivity index (χ0) is 11.8. The molecule has 0 bridgehead atoms. The Kier molecular flexibility index (Phi) is 2.55. The normalized spacial score (nSPS) is 23.6. The van der Waals surface area contributed by atoms with Crippen LogP contribution in [0, 0.1) is 0 Å². The van der Waals surface area contributed by atoms with Gasteiger partial charge in [-0.3, -0.25) is 4.79 Å². The molecule has 82 valence electrons.